The van der Waals surface area contributed by atoms with E-state index in [1.807, 2.05) is 6.08 Å². The topological polar surface area (TPSA) is 21.3 Å². The van der Waals surface area contributed by atoms with Gasteiger partial charge in [0.2, 0.25) is 0 Å². The smallest absolute Gasteiger partial charge is 0.0892 e. The Hall–Kier alpha value is -1.25. The van der Waals surface area contributed by atoms with E-state index in [4.69, 9.17) is 16.3 Å². The predicted molar refractivity (Wildman–Crippen MR) is 101 cm³/mol. The maximum absolute atomic E-state index is 6.57. The minimum absolute atomic E-state index is 0.203. The Morgan fingerprint density at radius 3 is 2.96 bits per heavy atom. The Morgan fingerprint density at radius 1 is 1.29 bits per heavy atom. The normalized spacial score (nSPS) is 31.9. The highest BCUT2D eigenvalue weighted by atomic mass is 35.5. The van der Waals surface area contributed by atoms with Crippen LogP contribution in [0, 0.1) is 11.8 Å². The Labute approximate surface area is 149 Å². The van der Waals surface area contributed by atoms with E-state index in [1.54, 1.807) is 0 Å². The molecule has 1 aromatic rings. The van der Waals surface area contributed by atoms with E-state index >= 15 is 0 Å². The second-order valence-corrected chi connectivity index (χ2v) is 8.03. The first-order valence-corrected chi connectivity index (χ1v) is 9.57. The minimum atomic E-state index is 0.203. The number of hydrogen-bond acceptors (Lipinski definition) is 2. The summed E-state index contributed by atoms with van der Waals surface area (Å²) in [6.07, 6.45) is 9.91. The number of benzene rings is 1. The molecular formula is C21H26ClNO. The molecule has 24 heavy (non-hydrogen) atoms. The molecular weight excluding hydrogens is 318 g/mol. The van der Waals surface area contributed by atoms with Crippen molar-refractivity contribution in [2.45, 2.75) is 51.2 Å². The third kappa shape index (κ3) is 2.80. The molecule has 1 saturated heterocycles. The molecule has 3 heteroatoms. The van der Waals surface area contributed by atoms with Crippen LogP contribution in [-0.4, -0.2) is 12.6 Å². The number of allylic oxidation sites excluding steroid dienone is 3. The molecule has 3 aliphatic rings. The summed E-state index contributed by atoms with van der Waals surface area (Å²) in [7, 11) is 0. The molecule has 2 aliphatic heterocycles. The first-order valence-electron chi connectivity index (χ1n) is 9.19. The quantitative estimate of drug-likeness (QED) is 0.735. The average molecular weight is 344 g/mol. The van der Waals surface area contributed by atoms with E-state index in [1.165, 1.54) is 23.2 Å². The van der Waals surface area contributed by atoms with Crippen LogP contribution in [0.2, 0.25) is 0 Å². The van der Waals surface area contributed by atoms with E-state index < -0.39 is 0 Å². The van der Waals surface area contributed by atoms with Crippen LogP contribution < -0.4 is 5.32 Å². The number of fused-ring (bicyclic) bond motifs is 3. The fraction of sp³-hybridized carbons (Fsp3) is 0.524. The van der Waals surface area contributed by atoms with Crippen LogP contribution in [0.5, 0.6) is 0 Å². The van der Waals surface area contributed by atoms with Gasteiger partial charge in [0.15, 0.2) is 0 Å². The number of anilines is 1. The molecule has 2 nitrogen and oxygen atoms in total. The van der Waals surface area contributed by atoms with E-state index in [0.717, 1.165) is 24.5 Å². The lowest BCUT2D eigenvalue weighted by atomic mass is 9.73. The van der Waals surface area contributed by atoms with Gasteiger partial charge >= 0.3 is 0 Å². The third-order valence-electron chi connectivity index (χ3n) is 5.77. The molecule has 0 amide bonds. The van der Waals surface area contributed by atoms with Crippen molar-refractivity contribution in [1.29, 1.82) is 0 Å². The summed E-state index contributed by atoms with van der Waals surface area (Å²) < 4.78 is 6.28. The molecule has 0 aromatic heterocycles. The van der Waals surface area contributed by atoms with Gasteiger partial charge in [0, 0.05) is 40.8 Å². The lowest BCUT2D eigenvalue weighted by Gasteiger charge is -2.46. The Kier molecular flexibility index (Phi) is 4.44. The minimum Gasteiger partial charge on any atom is -0.381 e. The molecule has 1 fully saturated rings. The maximum Gasteiger partial charge on any atom is 0.0892 e. The van der Waals surface area contributed by atoms with Gasteiger partial charge in [0.05, 0.1) is 6.10 Å². The fourth-order valence-corrected chi connectivity index (χ4v) is 4.72. The van der Waals surface area contributed by atoms with Crippen LogP contribution >= 0.6 is 11.6 Å². The van der Waals surface area contributed by atoms with Crippen molar-refractivity contribution in [3.63, 3.8) is 0 Å². The Morgan fingerprint density at radius 2 is 2.17 bits per heavy atom. The molecule has 0 bridgehead atoms. The number of hydrogen-bond donors (Lipinski definition) is 1. The number of ether oxygens (including phenoxy) is 1. The summed E-state index contributed by atoms with van der Waals surface area (Å²) in [4.78, 5) is 0. The molecule has 0 saturated carbocycles. The molecule has 1 aromatic carbocycles. The van der Waals surface area contributed by atoms with Gasteiger partial charge in [-0.25, -0.2) is 0 Å². The van der Waals surface area contributed by atoms with Crippen molar-refractivity contribution in [3.8, 4) is 0 Å². The molecule has 1 unspecified atom stereocenters. The van der Waals surface area contributed by atoms with Gasteiger partial charge in [0.1, 0.15) is 0 Å². The summed E-state index contributed by atoms with van der Waals surface area (Å²) in [6, 6.07) is 7.18. The van der Waals surface area contributed by atoms with Crippen LogP contribution in [0.15, 0.2) is 41.5 Å². The highest BCUT2D eigenvalue weighted by molar-refractivity contribution is 6.30. The summed E-state index contributed by atoms with van der Waals surface area (Å²) >= 11 is 6.57. The standard InChI is InChI=1S/C21H26ClNO/c1-13(2)14-9-10-19-17(12-14)21-16(7-5-11-24-21)20(23-19)15-6-3-4-8-18(15)22/h3-4,8-10,12-13,15-16,20-21,23H,5-7,11H2,1-2H3/t15?,16-,20-,21-/m0/s1. The van der Waals surface area contributed by atoms with Crippen molar-refractivity contribution in [1.82, 2.24) is 0 Å². The zero-order chi connectivity index (χ0) is 16.7. The summed E-state index contributed by atoms with van der Waals surface area (Å²) in [5.74, 6) is 1.38. The van der Waals surface area contributed by atoms with Crippen LogP contribution in [0.25, 0.3) is 0 Å². The van der Waals surface area contributed by atoms with Crippen molar-refractivity contribution in [3.05, 3.63) is 52.6 Å². The molecule has 4 rings (SSSR count). The van der Waals surface area contributed by atoms with Gasteiger partial charge < -0.3 is 10.1 Å². The van der Waals surface area contributed by atoms with E-state index in [0.29, 0.717) is 23.8 Å². The fourth-order valence-electron chi connectivity index (χ4n) is 4.42. The van der Waals surface area contributed by atoms with Crippen molar-refractivity contribution >= 4 is 17.3 Å². The monoisotopic (exact) mass is 343 g/mol. The maximum atomic E-state index is 6.57. The van der Waals surface area contributed by atoms with E-state index in [2.05, 4.69) is 49.5 Å². The Bertz CT molecular complexity index is 678. The molecule has 2 heterocycles. The van der Waals surface area contributed by atoms with Gasteiger partial charge in [-0.05, 0) is 42.9 Å². The van der Waals surface area contributed by atoms with Crippen LogP contribution in [0.4, 0.5) is 5.69 Å². The molecule has 0 spiro atoms. The van der Waals surface area contributed by atoms with Gasteiger partial charge in [-0.15, -0.1) is 0 Å². The number of halogens is 1. The second kappa shape index (κ2) is 6.57. The average Bonchev–Trinajstić information content (AvgIpc) is 2.61. The molecule has 0 radical (unpaired) electrons. The van der Waals surface area contributed by atoms with Crippen LogP contribution in [0.3, 0.4) is 0 Å². The highest BCUT2D eigenvalue weighted by Gasteiger charge is 2.43. The lowest BCUT2D eigenvalue weighted by molar-refractivity contribution is -0.0420. The van der Waals surface area contributed by atoms with Gasteiger partial charge in [-0.1, -0.05) is 49.7 Å². The highest BCUT2D eigenvalue weighted by Crippen LogP contribution is 2.48. The molecule has 128 valence electrons. The summed E-state index contributed by atoms with van der Waals surface area (Å²) in [5, 5.41) is 4.80. The van der Waals surface area contributed by atoms with Crippen LogP contribution in [-0.2, 0) is 4.74 Å². The zero-order valence-electron chi connectivity index (χ0n) is 14.5. The molecule has 4 atom stereocenters. The lowest BCUT2D eigenvalue weighted by Crippen LogP contribution is -2.46. The number of nitrogens with one attached hydrogen (secondary N) is 1. The van der Waals surface area contributed by atoms with Crippen LogP contribution in [0.1, 0.15) is 56.3 Å². The first-order chi connectivity index (χ1) is 11.6. The third-order valence-corrected chi connectivity index (χ3v) is 6.18. The number of rotatable bonds is 2. The van der Waals surface area contributed by atoms with Crippen molar-refractivity contribution in [2.24, 2.45) is 11.8 Å². The summed E-state index contributed by atoms with van der Waals surface area (Å²) in [6.45, 7) is 5.37. The van der Waals surface area contributed by atoms with Crippen molar-refractivity contribution < 1.29 is 4.74 Å². The Balaban J connectivity index is 1.72. The first kappa shape index (κ1) is 16.2. The van der Waals surface area contributed by atoms with E-state index in [9.17, 15) is 0 Å². The largest absolute Gasteiger partial charge is 0.381 e. The van der Waals surface area contributed by atoms with E-state index in [-0.39, 0.29) is 6.10 Å². The second-order valence-electron chi connectivity index (χ2n) is 7.59. The van der Waals surface area contributed by atoms with Gasteiger partial charge in [-0.3, -0.25) is 0 Å². The zero-order valence-corrected chi connectivity index (χ0v) is 15.2. The summed E-state index contributed by atoms with van der Waals surface area (Å²) in [5.41, 5.74) is 3.96. The SMILES string of the molecule is CC(C)c1ccc2c(c1)[C@H]1OCCC[C@H]1[C@H](C1CC=CC=C1Cl)N2. The van der Waals surface area contributed by atoms with Gasteiger partial charge in [-0.2, -0.15) is 0 Å². The van der Waals surface area contributed by atoms with Crippen molar-refractivity contribution in [2.75, 3.05) is 11.9 Å². The molecule has 1 N–H and O–H groups in total. The van der Waals surface area contributed by atoms with Gasteiger partial charge in [0.25, 0.3) is 0 Å². The molecule has 1 aliphatic carbocycles. The predicted octanol–water partition coefficient (Wildman–Crippen LogP) is 5.77.